The second kappa shape index (κ2) is 8.03. The molecule has 1 amide bonds. The van der Waals surface area contributed by atoms with Crippen LogP contribution in [-0.2, 0) is 11.3 Å². The third-order valence-corrected chi connectivity index (χ3v) is 5.38. The van der Waals surface area contributed by atoms with Crippen molar-refractivity contribution in [2.45, 2.75) is 19.5 Å². The molecule has 1 atom stereocenters. The number of ether oxygens (including phenoxy) is 1. The van der Waals surface area contributed by atoms with Gasteiger partial charge in [0, 0.05) is 17.7 Å². The van der Waals surface area contributed by atoms with E-state index in [1.54, 1.807) is 49.6 Å². The molecule has 0 aromatic heterocycles. The molecule has 3 aromatic rings. The maximum absolute atomic E-state index is 14.8. The molecule has 5 heteroatoms. The lowest BCUT2D eigenvalue weighted by atomic mass is 9.93. The summed E-state index contributed by atoms with van der Waals surface area (Å²) in [7, 11) is 1.57. The number of amides is 1. The van der Waals surface area contributed by atoms with Crippen LogP contribution in [0.15, 0.2) is 78.6 Å². The number of rotatable bonds is 5. The summed E-state index contributed by atoms with van der Waals surface area (Å²) in [4.78, 5) is 14.6. The van der Waals surface area contributed by atoms with Crippen molar-refractivity contribution in [3.8, 4) is 5.75 Å². The number of methoxy groups -OCH3 is 1. The Morgan fingerprint density at radius 3 is 2.30 bits per heavy atom. The predicted octanol–water partition coefficient (Wildman–Crippen LogP) is 5.20. The Balaban J connectivity index is 1.81. The highest BCUT2D eigenvalue weighted by Crippen LogP contribution is 2.44. The number of carbonyl (C=O) groups excluding carboxylic acids is 1. The highest BCUT2D eigenvalue weighted by atomic mass is 19.1. The number of carbonyl (C=O) groups is 1. The summed E-state index contributed by atoms with van der Waals surface area (Å²) in [5.41, 5.74) is 3.38. The summed E-state index contributed by atoms with van der Waals surface area (Å²) in [5, 5.41) is 10.8. The molecule has 4 nitrogen and oxygen atoms in total. The lowest BCUT2D eigenvalue weighted by molar-refractivity contribution is -0.130. The molecule has 0 aliphatic carbocycles. The van der Waals surface area contributed by atoms with Crippen LogP contribution in [0.4, 0.5) is 4.39 Å². The van der Waals surface area contributed by atoms with Gasteiger partial charge < -0.3 is 14.7 Å². The van der Waals surface area contributed by atoms with Gasteiger partial charge in [-0.15, -0.1) is 0 Å². The van der Waals surface area contributed by atoms with Crippen LogP contribution in [0.1, 0.15) is 28.3 Å². The zero-order chi connectivity index (χ0) is 21.3. The highest BCUT2D eigenvalue weighted by molar-refractivity contribution is 6.05. The zero-order valence-corrected chi connectivity index (χ0v) is 16.8. The summed E-state index contributed by atoms with van der Waals surface area (Å²) in [6.07, 6.45) is 0. The van der Waals surface area contributed by atoms with E-state index in [4.69, 9.17) is 4.74 Å². The maximum atomic E-state index is 14.8. The van der Waals surface area contributed by atoms with Crippen molar-refractivity contribution in [2.75, 3.05) is 7.11 Å². The van der Waals surface area contributed by atoms with Crippen molar-refractivity contribution in [3.63, 3.8) is 0 Å². The molecule has 0 bridgehead atoms. The molecule has 1 N–H and O–H groups in total. The Kier molecular flexibility index (Phi) is 5.27. The second-order valence-electron chi connectivity index (χ2n) is 7.33. The largest absolute Gasteiger partial charge is 0.503 e. The molecule has 0 spiro atoms. The van der Waals surface area contributed by atoms with Gasteiger partial charge in [-0.2, -0.15) is 0 Å². The number of nitrogens with zero attached hydrogens (tertiary/aromatic N) is 1. The number of hydrogen-bond acceptors (Lipinski definition) is 3. The average molecular weight is 403 g/mol. The van der Waals surface area contributed by atoms with Gasteiger partial charge in [-0.1, -0.05) is 60.2 Å². The summed E-state index contributed by atoms with van der Waals surface area (Å²) in [5.74, 6) is -0.651. The molecular formula is C25H22FNO3. The Bertz CT molecular complexity index is 1100. The van der Waals surface area contributed by atoms with Crippen LogP contribution >= 0.6 is 0 Å². The Labute approximate surface area is 174 Å². The van der Waals surface area contributed by atoms with Crippen LogP contribution in [-0.4, -0.2) is 23.0 Å². The van der Waals surface area contributed by atoms with Crippen LogP contribution in [0, 0.1) is 12.7 Å². The minimum atomic E-state index is -0.742. The number of benzene rings is 3. The zero-order valence-electron chi connectivity index (χ0n) is 16.8. The first-order chi connectivity index (χ1) is 14.5. The highest BCUT2D eigenvalue weighted by Gasteiger charge is 2.42. The normalized spacial score (nSPS) is 16.3. The molecule has 1 heterocycles. The van der Waals surface area contributed by atoms with Gasteiger partial charge in [0.25, 0.3) is 5.91 Å². The smallest absolute Gasteiger partial charge is 0.290 e. The van der Waals surface area contributed by atoms with E-state index in [0.717, 1.165) is 11.1 Å². The monoisotopic (exact) mass is 403 g/mol. The fourth-order valence-electron chi connectivity index (χ4n) is 3.79. The number of aliphatic hydroxyl groups excluding tert-OH is 1. The van der Waals surface area contributed by atoms with E-state index in [1.807, 2.05) is 31.2 Å². The van der Waals surface area contributed by atoms with Gasteiger partial charge in [-0.25, -0.2) is 4.39 Å². The first-order valence-electron chi connectivity index (χ1n) is 9.68. The molecule has 152 valence electrons. The van der Waals surface area contributed by atoms with E-state index in [-0.39, 0.29) is 12.3 Å². The lowest BCUT2D eigenvalue weighted by Gasteiger charge is -2.28. The third kappa shape index (κ3) is 3.54. The van der Waals surface area contributed by atoms with Gasteiger partial charge in [-0.3, -0.25) is 4.79 Å². The number of aryl methyl sites for hydroxylation is 1. The summed E-state index contributed by atoms with van der Waals surface area (Å²) >= 11 is 0. The van der Waals surface area contributed by atoms with Crippen molar-refractivity contribution in [2.24, 2.45) is 0 Å². The molecule has 4 rings (SSSR count). The summed E-state index contributed by atoms with van der Waals surface area (Å²) < 4.78 is 20.0. The first-order valence-corrected chi connectivity index (χ1v) is 9.68. The van der Waals surface area contributed by atoms with Crippen LogP contribution in [0.5, 0.6) is 5.75 Å². The minimum absolute atomic E-state index is 0.252. The Morgan fingerprint density at radius 2 is 1.67 bits per heavy atom. The number of aliphatic hydroxyl groups is 1. The van der Waals surface area contributed by atoms with E-state index >= 15 is 0 Å². The van der Waals surface area contributed by atoms with Crippen molar-refractivity contribution in [1.29, 1.82) is 0 Å². The number of halogens is 1. The Morgan fingerprint density at radius 1 is 1.00 bits per heavy atom. The van der Waals surface area contributed by atoms with Crippen LogP contribution in [0.3, 0.4) is 0 Å². The van der Waals surface area contributed by atoms with Gasteiger partial charge in [0.1, 0.15) is 11.6 Å². The topological polar surface area (TPSA) is 49.8 Å². The van der Waals surface area contributed by atoms with Gasteiger partial charge in [0.05, 0.1) is 13.2 Å². The molecule has 0 fully saturated rings. The average Bonchev–Trinajstić information content (AvgIpc) is 3.00. The third-order valence-electron chi connectivity index (χ3n) is 5.38. The molecule has 0 saturated heterocycles. The Hall–Kier alpha value is -3.60. The quantitative estimate of drug-likeness (QED) is 0.637. The van der Waals surface area contributed by atoms with E-state index in [0.29, 0.717) is 22.4 Å². The van der Waals surface area contributed by atoms with Crippen molar-refractivity contribution in [1.82, 2.24) is 4.90 Å². The van der Waals surface area contributed by atoms with Crippen LogP contribution in [0.25, 0.3) is 5.57 Å². The molecular weight excluding hydrogens is 381 g/mol. The van der Waals surface area contributed by atoms with Crippen LogP contribution < -0.4 is 4.74 Å². The van der Waals surface area contributed by atoms with Crippen molar-refractivity contribution < 1.29 is 19.0 Å². The summed E-state index contributed by atoms with van der Waals surface area (Å²) in [6.45, 7) is 2.24. The molecule has 30 heavy (non-hydrogen) atoms. The molecule has 0 unspecified atom stereocenters. The van der Waals surface area contributed by atoms with E-state index < -0.39 is 17.8 Å². The molecule has 1 aliphatic rings. The van der Waals surface area contributed by atoms with Crippen LogP contribution in [0.2, 0.25) is 0 Å². The fourth-order valence-corrected chi connectivity index (χ4v) is 3.79. The standard InChI is InChI=1S/C25H22FNO3/c1-16-7-9-17(10-8-16)15-27-23(20-5-3-4-6-21(20)26)22(24(28)25(27)29)18-11-13-19(30-2)14-12-18/h3-14,23,28H,15H2,1-2H3/t23-/m0/s1. The van der Waals surface area contributed by atoms with Gasteiger partial charge in [0.15, 0.2) is 5.76 Å². The van der Waals surface area contributed by atoms with Crippen molar-refractivity contribution in [3.05, 3.63) is 107 Å². The summed E-state index contributed by atoms with van der Waals surface area (Å²) in [6, 6.07) is 20.4. The van der Waals surface area contributed by atoms with E-state index in [2.05, 4.69) is 0 Å². The van der Waals surface area contributed by atoms with Gasteiger partial charge >= 0.3 is 0 Å². The number of hydrogen-bond donors (Lipinski definition) is 1. The maximum Gasteiger partial charge on any atom is 0.290 e. The SMILES string of the molecule is COc1ccc(C2=C(O)C(=O)N(Cc3ccc(C)cc3)[C@H]2c2ccccc2F)cc1. The molecule has 0 saturated carbocycles. The minimum Gasteiger partial charge on any atom is -0.503 e. The van der Waals surface area contributed by atoms with Gasteiger partial charge in [0.2, 0.25) is 0 Å². The van der Waals surface area contributed by atoms with E-state index in [9.17, 15) is 14.3 Å². The molecule has 3 aromatic carbocycles. The lowest BCUT2D eigenvalue weighted by Crippen LogP contribution is -2.30. The van der Waals surface area contributed by atoms with Crippen molar-refractivity contribution >= 4 is 11.5 Å². The first kappa shape index (κ1) is 19.7. The fraction of sp³-hybridized carbons (Fsp3) is 0.160. The molecule has 0 radical (unpaired) electrons. The predicted molar refractivity (Wildman–Crippen MR) is 113 cm³/mol. The second-order valence-corrected chi connectivity index (χ2v) is 7.33. The van der Waals surface area contributed by atoms with E-state index in [1.165, 1.54) is 11.0 Å². The van der Waals surface area contributed by atoms with Gasteiger partial charge in [-0.05, 0) is 36.2 Å². The molecule has 1 aliphatic heterocycles.